The predicted molar refractivity (Wildman–Crippen MR) is 60.6 cm³/mol. The van der Waals surface area contributed by atoms with Gasteiger partial charge in [-0.3, -0.25) is 0 Å². The Morgan fingerprint density at radius 2 is 2.00 bits per heavy atom. The maximum atomic E-state index is 12.8. The molecule has 2 rings (SSSR count). The van der Waals surface area contributed by atoms with Crippen LogP contribution in [0, 0.1) is 5.82 Å². The molecule has 1 atom stereocenters. The summed E-state index contributed by atoms with van der Waals surface area (Å²) in [5.41, 5.74) is 2.20. The molecule has 3 heteroatoms. The van der Waals surface area contributed by atoms with E-state index < -0.39 is 0 Å². The van der Waals surface area contributed by atoms with Crippen LogP contribution in [0.15, 0.2) is 47.3 Å². The number of rotatable bonds is 4. The van der Waals surface area contributed by atoms with Crippen LogP contribution >= 0.6 is 0 Å². The van der Waals surface area contributed by atoms with Crippen LogP contribution in [0.2, 0.25) is 0 Å². The lowest BCUT2D eigenvalue weighted by molar-refractivity contribution is 0.551. The van der Waals surface area contributed by atoms with E-state index in [0.717, 1.165) is 17.5 Å². The molecule has 0 radical (unpaired) electrons. The van der Waals surface area contributed by atoms with Crippen molar-refractivity contribution in [2.75, 3.05) is 7.05 Å². The van der Waals surface area contributed by atoms with Crippen LogP contribution in [0.1, 0.15) is 17.2 Å². The van der Waals surface area contributed by atoms with Crippen molar-refractivity contribution in [3.05, 3.63) is 59.8 Å². The standard InChI is InChI=1S/C13H14FNO/c1-15-13(8-10-6-7-16-9-10)11-2-4-12(14)5-3-11/h2-7,9,13,15H,8H2,1H3. The van der Waals surface area contributed by atoms with Crippen LogP contribution in [0.25, 0.3) is 0 Å². The minimum absolute atomic E-state index is 0.179. The molecule has 0 saturated heterocycles. The lowest BCUT2D eigenvalue weighted by Gasteiger charge is -2.15. The Balaban J connectivity index is 2.13. The average molecular weight is 219 g/mol. The molecule has 0 aliphatic heterocycles. The first-order chi connectivity index (χ1) is 7.79. The molecule has 1 heterocycles. The minimum Gasteiger partial charge on any atom is -0.472 e. The van der Waals surface area contributed by atoms with Gasteiger partial charge in [0.15, 0.2) is 0 Å². The van der Waals surface area contributed by atoms with Gasteiger partial charge < -0.3 is 9.73 Å². The van der Waals surface area contributed by atoms with Crippen molar-refractivity contribution >= 4 is 0 Å². The van der Waals surface area contributed by atoms with Crippen molar-refractivity contribution in [1.29, 1.82) is 0 Å². The van der Waals surface area contributed by atoms with E-state index in [1.54, 1.807) is 24.7 Å². The first kappa shape index (κ1) is 10.9. The van der Waals surface area contributed by atoms with Crippen molar-refractivity contribution in [3.63, 3.8) is 0 Å². The van der Waals surface area contributed by atoms with Gasteiger partial charge in [0.05, 0.1) is 12.5 Å². The molecular formula is C13H14FNO. The molecule has 0 aliphatic rings. The third-order valence-corrected chi connectivity index (χ3v) is 2.64. The lowest BCUT2D eigenvalue weighted by Crippen LogP contribution is -2.18. The number of benzene rings is 1. The van der Waals surface area contributed by atoms with E-state index in [2.05, 4.69) is 5.32 Å². The van der Waals surface area contributed by atoms with Gasteiger partial charge in [0.25, 0.3) is 0 Å². The molecule has 84 valence electrons. The topological polar surface area (TPSA) is 25.2 Å². The van der Waals surface area contributed by atoms with Gasteiger partial charge in [-0.25, -0.2) is 4.39 Å². The second-order valence-electron chi connectivity index (χ2n) is 3.73. The predicted octanol–water partition coefficient (Wildman–Crippen LogP) is 2.92. The van der Waals surface area contributed by atoms with Gasteiger partial charge >= 0.3 is 0 Å². The molecule has 0 spiro atoms. The Morgan fingerprint density at radius 1 is 1.25 bits per heavy atom. The van der Waals surface area contributed by atoms with Crippen LogP contribution < -0.4 is 5.32 Å². The molecule has 2 nitrogen and oxygen atoms in total. The summed E-state index contributed by atoms with van der Waals surface area (Å²) in [5, 5.41) is 3.21. The van der Waals surface area contributed by atoms with E-state index in [0.29, 0.717) is 0 Å². The van der Waals surface area contributed by atoms with Gasteiger partial charge in [0.2, 0.25) is 0 Å². The number of hydrogen-bond donors (Lipinski definition) is 1. The summed E-state index contributed by atoms with van der Waals surface area (Å²) in [7, 11) is 1.90. The van der Waals surface area contributed by atoms with E-state index >= 15 is 0 Å². The summed E-state index contributed by atoms with van der Waals surface area (Å²) in [5.74, 6) is -0.207. The van der Waals surface area contributed by atoms with Crippen molar-refractivity contribution < 1.29 is 8.81 Å². The number of furan rings is 1. The molecule has 1 aromatic carbocycles. The quantitative estimate of drug-likeness (QED) is 0.855. The number of halogens is 1. The summed E-state index contributed by atoms with van der Waals surface area (Å²) in [6, 6.07) is 8.68. The van der Waals surface area contributed by atoms with Gasteiger partial charge in [-0.05, 0) is 42.8 Å². The molecule has 1 aromatic heterocycles. The van der Waals surface area contributed by atoms with Crippen molar-refractivity contribution in [2.24, 2.45) is 0 Å². The van der Waals surface area contributed by atoms with Crippen LogP contribution in [-0.2, 0) is 6.42 Å². The Labute approximate surface area is 94.1 Å². The average Bonchev–Trinajstić information content (AvgIpc) is 2.80. The summed E-state index contributed by atoms with van der Waals surface area (Å²) in [4.78, 5) is 0. The van der Waals surface area contributed by atoms with Crippen molar-refractivity contribution in [3.8, 4) is 0 Å². The van der Waals surface area contributed by atoms with Crippen molar-refractivity contribution in [2.45, 2.75) is 12.5 Å². The van der Waals surface area contributed by atoms with Gasteiger partial charge in [0, 0.05) is 6.04 Å². The highest BCUT2D eigenvalue weighted by atomic mass is 19.1. The van der Waals surface area contributed by atoms with Crippen LogP contribution in [-0.4, -0.2) is 7.05 Å². The van der Waals surface area contributed by atoms with E-state index in [1.165, 1.54) is 12.1 Å². The number of likely N-dealkylation sites (N-methyl/N-ethyl adjacent to an activating group) is 1. The fourth-order valence-corrected chi connectivity index (χ4v) is 1.73. The smallest absolute Gasteiger partial charge is 0.123 e. The van der Waals surface area contributed by atoms with Crippen LogP contribution in [0.3, 0.4) is 0 Å². The zero-order chi connectivity index (χ0) is 11.4. The molecule has 1 N–H and O–H groups in total. The fourth-order valence-electron chi connectivity index (χ4n) is 1.73. The monoisotopic (exact) mass is 219 g/mol. The van der Waals surface area contributed by atoms with Crippen LogP contribution in [0.4, 0.5) is 4.39 Å². The molecule has 0 amide bonds. The Kier molecular flexibility index (Phi) is 3.37. The van der Waals surface area contributed by atoms with Crippen molar-refractivity contribution in [1.82, 2.24) is 5.32 Å². The summed E-state index contributed by atoms with van der Waals surface area (Å²) in [6.45, 7) is 0. The molecule has 1 unspecified atom stereocenters. The van der Waals surface area contributed by atoms with E-state index in [9.17, 15) is 4.39 Å². The normalized spacial score (nSPS) is 12.6. The minimum atomic E-state index is -0.207. The summed E-state index contributed by atoms with van der Waals surface area (Å²) in [6.07, 6.45) is 4.22. The van der Waals surface area contributed by atoms with Gasteiger partial charge in [-0.15, -0.1) is 0 Å². The number of nitrogens with one attached hydrogen (secondary N) is 1. The maximum absolute atomic E-state index is 12.8. The zero-order valence-corrected chi connectivity index (χ0v) is 9.11. The van der Waals surface area contributed by atoms with Gasteiger partial charge in [-0.2, -0.15) is 0 Å². The Morgan fingerprint density at radius 3 is 2.56 bits per heavy atom. The second-order valence-corrected chi connectivity index (χ2v) is 3.73. The van der Waals surface area contributed by atoms with E-state index in [-0.39, 0.29) is 11.9 Å². The molecule has 0 aliphatic carbocycles. The van der Waals surface area contributed by atoms with Gasteiger partial charge in [-0.1, -0.05) is 12.1 Å². The van der Waals surface area contributed by atoms with E-state index in [1.807, 2.05) is 13.1 Å². The van der Waals surface area contributed by atoms with Gasteiger partial charge in [0.1, 0.15) is 5.82 Å². The molecule has 0 bridgehead atoms. The third-order valence-electron chi connectivity index (χ3n) is 2.64. The van der Waals surface area contributed by atoms with E-state index in [4.69, 9.17) is 4.42 Å². The fraction of sp³-hybridized carbons (Fsp3) is 0.231. The second kappa shape index (κ2) is 4.94. The Bertz CT molecular complexity index is 422. The largest absolute Gasteiger partial charge is 0.472 e. The zero-order valence-electron chi connectivity index (χ0n) is 9.11. The van der Waals surface area contributed by atoms with Crippen LogP contribution in [0.5, 0.6) is 0 Å². The highest BCUT2D eigenvalue weighted by Gasteiger charge is 2.10. The Hall–Kier alpha value is -1.61. The first-order valence-corrected chi connectivity index (χ1v) is 5.23. The molecule has 0 fully saturated rings. The lowest BCUT2D eigenvalue weighted by atomic mass is 10.0. The highest BCUT2D eigenvalue weighted by Crippen LogP contribution is 2.18. The first-order valence-electron chi connectivity index (χ1n) is 5.23. The molecule has 2 aromatic rings. The highest BCUT2D eigenvalue weighted by molar-refractivity contribution is 5.22. The summed E-state index contributed by atoms with van der Waals surface area (Å²) >= 11 is 0. The third kappa shape index (κ3) is 2.49. The molecular weight excluding hydrogens is 205 g/mol. The molecule has 0 saturated carbocycles. The SMILES string of the molecule is CNC(Cc1ccoc1)c1ccc(F)cc1. The summed E-state index contributed by atoms with van der Waals surface area (Å²) < 4.78 is 17.8. The molecule has 16 heavy (non-hydrogen) atoms. The maximum Gasteiger partial charge on any atom is 0.123 e. The number of hydrogen-bond acceptors (Lipinski definition) is 2.